The normalized spacial score (nSPS) is 11.7. The fourth-order valence-corrected chi connectivity index (χ4v) is 1.51. The maximum absolute atomic E-state index is 12.3. The van der Waals surface area contributed by atoms with Gasteiger partial charge in [0.2, 0.25) is 0 Å². The first kappa shape index (κ1) is 11.2. The second kappa shape index (κ2) is 4.08. The number of anilines is 1. The summed E-state index contributed by atoms with van der Waals surface area (Å²) in [5.74, 6) is 0.402. The van der Waals surface area contributed by atoms with E-state index in [1.54, 1.807) is 0 Å². The molecule has 1 aromatic heterocycles. The van der Waals surface area contributed by atoms with Crippen molar-refractivity contribution in [2.24, 2.45) is 0 Å². The SMILES string of the molecule is CSCc1cc(N)nc(C(F)(F)F)c1. The van der Waals surface area contributed by atoms with Crippen LogP contribution in [-0.2, 0) is 11.9 Å². The van der Waals surface area contributed by atoms with Crippen LogP contribution in [0.2, 0.25) is 0 Å². The number of nitrogen functional groups attached to an aromatic ring is 1. The number of rotatable bonds is 2. The fraction of sp³-hybridized carbons (Fsp3) is 0.375. The largest absolute Gasteiger partial charge is 0.433 e. The Bertz CT molecular complexity index is 325. The first-order chi connectivity index (χ1) is 6.43. The predicted molar refractivity (Wildman–Crippen MR) is 50.9 cm³/mol. The highest BCUT2D eigenvalue weighted by molar-refractivity contribution is 7.97. The molecule has 0 unspecified atom stereocenters. The number of thioether (sulfide) groups is 1. The molecule has 0 saturated carbocycles. The maximum Gasteiger partial charge on any atom is 0.433 e. The van der Waals surface area contributed by atoms with Crippen LogP contribution in [0.15, 0.2) is 12.1 Å². The van der Waals surface area contributed by atoms with Gasteiger partial charge in [0.1, 0.15) is 11.5 Å². The van der Waals surface area contributed by atoms with Gasteiger partial charge in [-0.05, 0) is 24.0 Å². The number of hydrogen-bond donors (Lipinski definition) is 1. The van der Waals surface area contributed by atoms with Gasteiger partial charge in [-0.25, -0.2) is 4.98 Å². The number of alkyl halides is 3. The molecule has 1 rings (SSSR count). The maximum atomic E-state index is 12.3. The van der Waals surface area contributed by atoms with Crippen LogP contribution in [-0.4, -0.2) is 11.2 Å². The first-order valence-corrected chi connectivity index (χ1v) is 5.15. The zero-order valence-electron chi connectivity index (χ0n) is 7.43. The molecule has 78 valence electrons. The van der Waals surface area contributed by atoms with Crippen molar-refractivity contribution >= 4 is 17.6 Å². The highest BCUT2D eigenvalue weighted by Gasteiger charge is 2.32. The number of pyridine rings is 1. The van der Waals surface area contributed by atoms with Crippen molar-refractivity contribution in [3.63, 3.8) is 0 Å². The third-order valence-electron chi connectivity index (χ3n) is 1.51. The van der Waals surface area contributed by atoms with E-state index >= 15 is 0 Å². The van der Waals surface area contributed by atoms with E-state index in [4.69, 9.17) is 5.73 Å². The van der Waals surface area contributed by atoms with Crippen molar-refractivity contribution < 1.29 is 13.2 Å². The third kappa shape index (κ3) is 2.80. The minimum Gasteiger partial charge on any atom is -0.384 e. The van der Waals surface area contributed by atoms with E-state index in [2.05, 4.69) is 4.98 Å². The van der Waals surface area contributed by atoms with Crippen LogP contribution in [0.5, 0.6) is 0 Å². The van der Waals surface area contributed by atoms with Crippen LogP contribution >= 0.6 is 11.8 Å². The van der Waals surface area contributed by atoms with E-state index in [1.807, 2.05) is 6.26 Å². The number of nitrogens with two attached hydrogens (primary N) is 1. The van der Waals surface area contributed by atoms with Crippen molar-refractivity contribution in [3.05, 3.63) is 23.4 Å². The van der Waals surface area contributed by atoms with Gasteiger partial charge in [0, 0.05) is 5.75 Å². The van der Waals surface area contributed by atoms with Crippen LogP contribution in [0.25, 0.3) is 0 Å². The number of nitrogens with zero attached hydrogens (tertiary/aromatic N) is 1. The predicted octanol–water partition coefficient (Wildman–Crippen LogP) is 2.55. The Labute approximate surface area is 83.7 Å². The summed E-state index contributed by atoms with van der Waals surface area (Å²) in [5, 5.41) is 0. The van der Waals surface area contributed by atoms with Crippen molar-refractivity contribution in [2.45, 2.75) is 11.9 Å². The van der Waals surface area contributed by atoms with Crippen LogP contribution in [0.3, 0.4) is 0 Å². The van der Waals surface area contributed by atoms with Gasteiger partial charge in [-0.1, -0.05) is 0 Å². The molecule has 2 N–H and O–H groups in total. The Hall–Kier alpha value is -0.910. The van der Waals surface area contributed by atoms with E-state index in [-0.39, 0.29) is 5.82 Å². The van der Waals surface area contributed by atoms with E-state index in [0.29, 0.717) is 11.3 Å². The summed E-state index contributed by atoms with van der Waals surface area (Å²) in [5.41, 5.74) is 4.88. The first-order valence-electron chi connectivity index (χ1n) is 3.76. The number of hydrogen-bond acceptors (Lipinski definition) is 3. The molecule has 0 aliphatic heterocycles. The van der Waals surface area contributed by atoms with Gasteiger partial charge in [0.05, 0.1) is 0 Å². The van der Waals surface area contributed by atoms with Gasteiger partial charge in [-0.3, -0.25) is 0 Å². The summed E-state index contributed by atoms with van der Waals surface area (Å²) in [4.78, 5) is 3.23. The second-order valence-corrected chi connectivity index (χ2v) is 3.58. The molecule has 0 radical (unpaired) electrons. The quantitative estimate of drug-likeness (QED) is 0.835. The third-order valence-corrected chi connectivity index (χ3v) is 2.13. The summed E-state index contributed by atoms with van der Waals surface area (Å²) in [7, 11) is 0. The Balaban J connectivity index is 3.07. The molecule has 1 aromatic rings. The van der Waals surface area contributed by atoms with Crippen LogP contribution in [0, 0.1) is 0 Å². The molecule has 0 saturated heterocycles. The standard InChI is InChI=1S/C8H9F3N2S/c1-14-4-5-2-6(8(9,10)11)13-7(12)3-5/h2-3H,4H2,1H3,(H2,12,13). The molecule has 0 aromatic carbocycles. The minimum absolute atomic E-state index is 0.0936. The molecule has 0 fully saturated rings. The molecule has 0 atom stereocenters. The lowest BCUT2D eigenvalue weighted by Gasteiger charge is -2.08. The molecule has 6 heteroatoms. The molecule has 0 bridgehead atoms. The summed E-state index contributed by atoms with van der Waals surface area (Å²) in [6, 6.07) is 2.47. The van der Waals surface area contributed by atoms with E-state index < -0.39 is 11.9 Å². The number of halogens is 3. The minimum atomic E-state index is -4.43. The van der Waals surface area contributed by atoms with E-state index in [1.165, 1.54) is 17.8 Å². The zero-order chi connectivity index (χ0) is 10.8. The van der Waals surface area contributed by atoms with E-state index in [9.17, 15) is 13.2 Å². The lowest BCUT2D eigenvalue weighted by Crippen LogP contribution is -2.10. The topological polar surface area (TPSA) is 38.9 Å². The Kier molecular flexibility index (Phi) is 3.25. The fourth-order valence-electron chi connectivity index (χ4n) is 1.01. The van der Waals surface area contributed by atoms with Crippen molar-refractivity contribution in [1.82, 2.24) is 4.98 Å². The summed E-state index contributed by atoms with van der Waals surface area (Å²) < 4.78 is 36.8. The monoisotopic (exact) mass is 222 g/mol. The highest BCUT2D eigenvalue weighted by Crippen LogP contribution is 2.29. The zero-order valence-corrected chi connectivity index (χ0v) is 8.25. The Morgan fingerprint density at radius 1 is 1.43 bits per heavy atom. The molecular formula is C8H9F3N2S. The van der Waals surface area contributed by atoms with Gasteiger partial charge < -0.3 is 5.73 Å². The second-order valence-electron chi connectivity index (χ2n) is 2.72. The van der Waals surface area contributed by atoms with Gasteiger partial charge in [-0.2, -0.15) is 24.9 Å². The van der Waals surface area contributed by atoms with E-state index in [0.717, 1.165) is 6.07 Å². The van der Waals surface area contributed by atoms with Gasteiger partial charge in [-0.15, -0.1) is 0 Å². The highest BCUT2D eigenvalue weighted by atomic mass is 32.2. The van der Waals surface area contributed by atoms with Crippen LogP contribution in [0.4, 0.5) is 19.0 Å². The Morgan fingerprint density at radius 2 is 2.07 bits per heavy atom. The average molecular weight is 222 g/mol. The number of aromatic nitrogens is 1. The molecular weight excluding hydrogens is 213 g/mol. The lowest BCUT2D eigenvalue weighted by molar-refractivity contribution is -0.141. The Morgan fingerprint density at radius 3 is 2.57 bits per heavy atom. The van der Waals surface area contributed by atoms with Crippen molar-refractivity contribution in [3.8, 4) is 0 Å². The van der Waals surface area contributed by atoms with Crippen molar-refractivity contribution in [1.29, 1.82) is 0 Å². The lowest BCUT2D eigenvalue weighted by atomic mass is 10.2. The molecule has 2 nitrogen and oxygen atoms in total. The van der Waals surface area contributed by atoms with Gasteiger partial charge >= 0.3 is 6.18 Å². The summed E-state index contributed by atoms with van der Waals surface area (Å²) in [6.45, 7) is 0. The molecule has 14 heavy (non-hydrogen) atoms. The van der Waals surface area contributed by atoms with Crippen LogP contribution in [0.1, 0.15) is 11.3 Å². The molecule has 0 amide bonds. The molecule has 0 spiro atoms. The molecule has 0 aliphatic carbocycles. The smallest absolute Gasteiger partial charge is 0.384 e. The molecule has 0 aliphatic rings. The average Bonchev–Trinajstić information content (AvgIpc) is 2.02. The van der Waals surface area contributed by atoms with Gasteiger partial charge in [0.15, 0.2) is 0 Å². The molecule has 1 heterocycles. The van der Waals surface area contributed by atoms with Crippen molar-refractivity contribution in [2.75, 3.05) is 12.0 Å². The van der Waals surface area contributed by atoms with Gasteiger partial charge in [0.25, 0.3) is 0 Å². The summed E-state index contributed by atoms with van der Waals surface area (Å²) >= 11 is 1.43. The summed E-state index contributed by atoms with van der Waals surface area (Å²) in [6.07, 6.45) is -2.62. The van der Waals surface area contributed by atoms with Crippen LogP contribution < -0.4 is 5.73 Å².